The van der Waals surface area contributed by atoms with E-state index in [9.17, 15) is 10.1 Å². The van der Waals surface area contributed by atoms with Gasteiger partial charge in [-0.05, 0) is 47.8 Å². The lowest BCUT2D eigenvalue weighted by molar-refractivity contribution is -0.385. The smallest absolute Gasteiger partial charge is 0.272 e. The fraction of sp³-hybridized carbons (Fsp3) is 0.278. The minimum absolute atomic E-state index is 0.131. The maximum Gasteiger partial charge on any atom is 0.272 e. The first-order valence-electron chi connectivity index (χ1n) is 7.79. The summed E-state index contributed by atoms with van der Waals surface area (Å²) in [6, 6.07) is 5.33. The van der Waals surface area contributed by atoms with Crippen molar-refractivity contribution in [3.8, 4) is 11.1 Å². The summed E-state index contributed by atoms with van der Waals surface area (Å²) < 4.78 is 0.918. The Morgan fingerprint density at radius 1 is 1.21 bits per heavy atom. The summed E-state index contributed by atoms with van der Waals surface area (Å²) in [5, 5.41) is 12.2. The van der Waals surface area contributed by atoms with Crippen molar-refractivity contribution in [2.24, 2.45) is 0 Å². The van der Waals surface area contributed by atoms with Crippen LogP contribution in [0.4, 0.5) is 5.69 Å². The van der Waals surface area contributed by atoms with Gasteiger partial charge in [0.2, 0.25) is 0 Å². The topological polar surface area (TPSA) is 71.8 Å². The average molecular weight is 390 g/mol. The van der Waals surface area contributed by atoms with Crippen LogP contribution in [0.5, 0.6) is 0 Å². The van der Waals surface area contributed by atoms with E-state index in [0.717, 1.165) is 37.9 Å². The molecule has 0 amide bonds. The Bertz CT molecular complexity index is 916. The number of benzene rings is 1. The van der Waals surface area contributed by atoms with Gasteiger partial charge in [-0.15, -0.1) is 0 Å². The summed E-state index contributed by atoms with van der Waals surface area (Å²) in [4.78, 5) is 18.5. The van der Waals surface area contributed by atoms with Gasteiger partial charge in [-0.2, -0.15) is 0 Å². The summed E-state index contributed by atoms with van der Waals surface area (Å²) in [6.07, 6.45) is 1.76. The van der Waals surface area contributed by atoms with Gasteiger partial charge >= 0.3 is 0 Å². The van der Waals surface area contributed by atoms with Crippen LogP contribution in [0.1, 0.15) is 30.7 Å². The maximum absolute atomic E-state index is 11.2. The predicted octanol–water partition coefficient (Wildman–Crippen LogP) is 5.85. The van der Waals surface area contributed by atoms with Gasteiger partial charge in [0.15, 0.2) is 0 Å². The second-order valence-electron chi connectivity index (χ2n) is 5.34. The van der Waals surface area contributed by atoms with Crippen LogP contribution in [0, 0.1) is 30.9 Å². The number of fused-ring (bicyclic) bond motifs is 1. The Morgan fingerprint density at radius 2 is 1.88 bits per heavy atom. The van der Waals surface area contributed by atoms with Crippen molar-refractivity contribution in [2.45, 2.75) is 34.6 Å². The van der Waals surface area contributed by atoms with Crippen LogP contribution >= 0.6 is 15.9 Å². The Labute approximate surface area is 149 Å². The summed E-state index contributed by atoms with van der Waals surface area (Å²) >= 11 is 3.50. The van der Waals surface area contributed by atoms with E-state index < -0.39 is 0 Å². The molecular formula is C18H20BrN3O2. The number of aromatic nitrogens is 2. The van der Waals surface area contributed by atoms with Crippen LogP contribution in [0.15, 0.2) is 28.9 Å². The third-order valence-electron chi connectivity index (χ3n) is 3.90. The van der Waals surface area contributed by atoms with Crippen molar-refractivity contribution < 1.29 is 4.92 Å². The molecule has 3 rings (SSSR count). The molecule has 3 aromatic rings. The number of nitro benzene ring substituents is 1. The number of hydrogen-bond acceptors (Lipinski definition) is 3. The number of rotatable bonds is 2. The number of aromatic amines is 1. The van der Waals surface area contributed by atoms with Gasteiger partial charge in [0.05, 0.1) is 4.92 Å². The van der Waals surface area contributed by atoms with E-state index in [1.165, 1.54) is 0 Å². The molecule has 0 saturated heterocycles. The predicted molar refractivity (Wildman–Crippen MR) is 101 cm³/mol. The Morgan fingerprint density at radius 3 is 2.50 bits per heavy atom. The molecule has 1 N–H and O–H groups in total. The molecule has 0 atom stereocenters. The molecule has 2 aromatic heterocycles. The minimum atomic E-state index is -0.343. The molecule has 0 spiro atoms. The lowest BCUT2D eigenvalue weighted by atomic mass is 9.99. The molecule has 126 valence electrons. The molecule has 0 radical (unpaired) electrons. The first kappa shape index (κ1) is 18.1. The highest BCUT2D eigenvalue weighted by atomic mass is 79.9. The van der Waals surface area contributed by atoms with Crippen molar-refractivity contribution in [3.63, 3.8) is 0 Å². The van der Waals surface area contributed by atoms with E-state index in [1.54, 1.807) is 25.3 Å². The van der Waals surface area contributed by atoms with Gasteiger partial charge in [0.1, 0.15) is 5.65 Å². The SMILES string of the molecule is CC.Cc1ccc(-c2c(C)[nH]c3ncc(Br)c(C)c23)cc1[N+](=O)[O-]. The van der Waals surface area contributed by atoms with Crippen molar-refractivity contribution >= 4 is 32.7 Å². The second kappa shape index (κ2) is 7.13. The number of H-pyrrole nitrogens is 1. The van der Waals surface area contributed by atoms with E-state index in [1.807, 2.05) is 33.8 Å². The zero-order chi connectivity index (χ0) is 18.0. The summed E-state index contributed by atoms with van der Waals surface area (Å²) in [7, 11) is 0. The standard InChI is InChI=1S/C16H14BrN3O2.C2H6/c1-8-4-5-11(6-13(8)20(21)22)15-10(3)19-16-14(15)9(2)12(17)7-18-16;1-2/h4-7H,1-3H3,(H,18,19);1-2H3. The van der Waals surface area contributed by atoms with Crippen molar-refractivity contribution in [1.82, 2.24) is 9.97 Å². The third-order valence-corrected chi connectivity index (χ3v) is 4.70. The number of pyridine rings is 1. The monoisotopic (exact) mass is 389 g/mol. The zero-order valence-corrected chi connectivity index (χ0v) is 16.0. The van der Waals surface area contributed by atoms with Gasteiger partial charge in [-0.1, -0.05) is 26.0 Å². The van der Waals surface area contributed by atoms with Gasteiger partial charge in [0, 0.05) is 38.9 Å². The lowest BCUT2D eigenvalue weighted by Gasteiger charge is -2.06. The number of hydrogen-bond donors (Lipinski definition) is 1. The summed E-state index contributed by atoms with van der Waals surface area (Å²) in [5.41, 5.74) is 5.37. The van der Waals surface area contributed by atoms with E-state index in [-0.39, 0.29) is 10.6 Å². The largest absolute Gasteiger partial charge is 0.343 e. The molecule has 1 aromatic carbocycles. The molecular weight excluding hydrogens is 370 g/mol. The summed E-state index contributed by atoms with van der Waals surface area (Å²) in [5.74, 6) is 0. The number of nitrogens with one attached hydrogen (secondary N) is 1. The lowest BCUT2D eigenvalue weighted by Crippen LogP contribution is -1.93. The summed E-state index contributed by atoms with van der Waals surface area (Å²) in [6.45, 7) is 9.71. The van der Waals surface area contributed by atoms with Gasteiger partial charge in [0.25, 0.3) is 5.69 Å². The average Bonchev–Trinajstić information content (AvgIpc) is 2.90. The van der Waals surface area contributed by atoms with Crippen molar-refractivity contribution in [1.29, 1.82) is 0 Å². The normalized spacial score (nSPS) is 10.4. The molecule has 24 heavy (non-hydrogen) atoms. The van der Waals surface area contributed by atoms with Gasteiger partial charge < -0.3 is 4.98 Å². The fourth-order valence-electron chi connectivity index (χ4n) is 2.73. The van der Waals surface area contributed by atoms with Gasteiger partial charge in [-0.3, -0.25) is 10.1 Å². The number of nitro groups is 1. The molecule has 2 heterocycles. The molecule has 0 aliphatic heterocycles. The van der Waals surface area contributed by atoms with Crippen LogP contribution in [-0.4, -0.2) is 14.9 Å². The molecule has 5 nitrogen and oxygen atoms in total. The van der Waals surface area contributed by atoms with Crippen molar-refractivity contribution in [2.75, 3.05) is 0 Å². The van der Waals surface area contributed by atoms with Crippen LogP contribution in [0.25, 0.3) is 22.2 Å². The quantitative estimate of drug-likeness (QED) is 0.441. The third kappa shape index (κ3) is 3.06. The first-order chi connectivity index (χ1) is 11.4. The Kier molecular flexibility index (Phi) is 5.39. The molecule has 6 heteroatoms. The van der Waals surface area contributed by atoms with E-state index in [2.05, 4.69) is 25.9 Å². The maximum atomic E-state index is 11.2. The Hall–Kier alpha value is -2.21. The first-order valence-corrected chi connectivity index (χ1v) is 8.58. The molecule has 0 fully saturated rings. The zero-order valence-electron chi connectivity index (χ0n) is 14.4. The van der Waals surface area contributed by atoms with Crippen LogP contribution in [0.3, 0.4) is 0 Å². The number of aryl methyl sites for hydroxylation is 3. The minimum Gasteiger partial charge on any atom is -0.343 e. The molecule has 0 saturated carbocycles. The van der Waals surface area contributed by atoms with E-state index >= 15 is 0 Å². The number of nitrogens with zero attached hydrogens (tertiary/aromatic N) is 2. The molecule has 0 bridgehead atoms. The highest BCUT2D eigenvalue weighted by Crippen LogP contribution is 2.37. The molecule has 0 unspecified atom stereocenters. The van der Waals surface area contributed by atoms with E-state index in [0.29, 0.717) is 5.56 Å². The highest BCUT2D eigenvalue weighted by Gasteiger charge is 2.18. The van der Waals surface area contributed by atoms with Crippen molar-refractivity contribution in [3.05, 3.63) is 55.8 Å². The fourth-order valence-corrected chi connectivity index (χ4v) is 3.03. The highest BCUT2D eigenvalue weighted by molar-refractivity contribution is 9.10. The molecule has 0 aliphatic carbocycles. The van der Waals surface area contributed by atoms with Crippen LogP contribution in [0.2, 0.25) is 0 Å². The molecule has 0 aliphatic rings. The second-order valence-corrected chi connectivity index (χ2v) is 6.19. The number of halogens is 1. The van der Waals surface area contributed by atoms with Crippen LogP contribution < -0.4 is 0 Å². The van der Waals surface area contributed by atoms with Gasteiger partial charge in [-0.25, -0.2) is 4.98 Å². The van der Waals surface area contributed by atoms with Crippen LogP contribution in [-0.2, 0) is 0 Å². The van der Waals surface area contributed by atoms with E-state index in [4.69, 9.17) is 0 Å². The Balaban J connectivity index is 0.00000100.